The third-order valence-electron chi connectivity index (χ3n) is 10.7. The van der Waals surface area contributed by atoms with Crippen molar-refractivity contribution in [2.75, 3.05) is 11.4 Å². The van der Waals surface area contributed by atoms with Gasteiger partial charge in [0, 0.05) is 23.9 Å². The first kappa shape index (κ1) is 31.8. The van der Waals surface area contributed by atoms with Crippen molar-refractivity contribution in [2.45, 2.75) is 49.9 Å². The zero-order valence-corrected chi connectivity index (χ0v) is 26.9. The van der Waals surface area contributed by atoms with Crippen molar-refractivity contribution in [3.63, 3.8) is 0 Å². The molecule has 2 saturated heterocycles. The van der Waals surface area contributed by atoms with E-state index in [1.54, 1.807) is 42.5 Å². The number of anilines is 1. The van der Waals surface area contributed by atoms with Gasteiger partial charge in [0.2, 0.25) is 23.6 Å². The summed E-state index contributed by atoms with van der Waals surface area (Å²) >= 11 is 6.35. The van der Waals surface area contributed by atoms with Crippen molar-refractivity contribution in [2.24, 2.45) is 23.7 Å². The second-order valence-electron chi connectivity index (χ2n) is 13.2. The number of unbranched alkanes of at least 4 members (excludes halogenated alkanes) is 2. The summed E-state index contributed by atoms with van der Waals surface area (Å²) < 4.78 is 0. The largest absolute Gasteiger partial charge is 0.508 e. The van der Waals surface area contributed by atoms with Crippen LogP contribution in [0.5, 0.6) is 5.75 Å². The summed E-state index contributed by atoms with van der Waals surface area (Å²) in [7, 11) is 0. The molecule has 6 atom stereocenters. The molecule has 1 saturated carbocycles. The molecule has 10 heteroatoms. The third-order valence-corrected chi connectivity index (χ3v) is 11.0. The van der Waals surface area contributed by atoms with Crippen LogP contribution in [-0.4, -0.2) is 51.3 Å². The number of rotatable bonds is 9. The maximum atomic E-state index is 15.1. The monoisotopic (exact) mass is 666 g/mol. The lowest BCUT2D eigenvalue weighted by Gasteiger charge is -2.50. The SMILES string of the molecule is O=C(O)CCCCCN1C(=O)[C@H]2[C@H](CC=C3[C@H]2C[C@H]2C(=O)N(c4cccc(Cl)c4)C(=O)[C@@]2(c2ccccc2)[C@H]3c2cccc(O)c2)C1=O. The quantitative estimate of drug-likeness (QED) is 0.166. The molecule has 3 aromatic rings. The highest BCUT2D eigenvalue weighted by atomic mass is 35.5. The van der Waals surface area contributed by atoms with Crippen LogP contribution in [0.1, 0.15) is 55.6 Å². The van der Waals surface area contributed by atoms with Gasteiger partial charge in [0.05, 0.1) is 28.9 Å². The van der Waals surface area contributed by atoms with Crippen LogP contribution < -0.4 is 4.90 Å². The number of benzene rings is 3. The van der Waals surface area contributed by atoms with Gasteiger partial charge < -0.3 is 10.2 Å². The molecule has 0 aromatic heterocycles. The van der Waals surface area contributed by atoms with E-state index in [2.05, 4.69) is 0 Å². The summed E-state index contributed by atoms with van der Waals surface area (Å²) in [6.07, 6.45) is 4.04. The predicted octanol–water partition coefficient (Wildman–Crippen LogP) is 5.85. The van der Waals surface area contributed by atoms with E-state index in [0.717, 1.165) is 5.57 Å². The topological polar surface area (TPSA) is 132 Å². The number of hydrogen-bond acceptors (Lipinski definition) is 6. The number of carboxylic acid groups (broad SMARTS) is 1. The van der Waals surface area contributed by atoms with E-state index in [0.29, 0.717) is 47.5 Å². The van der Waals surface area contributed by atoms with Gasteiger partial charge in [0.15, 0.2) is 0 Å². The molecule has 3 fully saturated rings. The van der Waals surface area contributed by atoms with E-state index in [-0.39, 0.29) is 37.0 Å². The summed E-state index contributed by atoms with van der Waals surface area (Å²) in [4.78, 5) is 71.2. The van der Waals surface area contributed by atoms with Gasteiger partial charge >= 0.3 is 5.97 Å². The molecule has 246 valence electrons. The first-order valence-corrected chi connectivity index (χ1v) is 16.8. The number of imide groups is 2. The Balaban J connectivity index is 1.35. The molecule has 9 nitrogen and oxygen atoms in total. The molecular weight excluding hydrogens is 632 g/mol. The number of halogens is 1. The number of fused-ring (bicyclic) bond motifs is 4. The van der Waals surface area contributed by atoms with Crippen molar-refractivity contribution >= 4 is 46.9 Å². The van der Waals surface area contributed by atoms with Crippen molar-refractivity contribution in [3.8, 4) is 5.75 Å². The fourth-order valence-corrected chi connectivity index (χ4v) is 9.02. The van der Waals surface area contributed by atoms with Gasteiger partial charge in [-0.15, -0.1) is 0 Å². The highest BCUT2D eigenvalue weighted by molar-refractivity contribution is 6.32. The predicted molar refractivity (Wildman–Crippen MR) is 177 cm³/mol. The lowest BCUT2D eigenvalue weighted by atomic mass is 9.49. The fraction of sp³-hybridized carbons (Fsp3) is 0.342. The minimum absolute atomic E-state index is 0.00772. The molecule has 0 radical (unpaired) electrons. The number of hydrogen-bond donors (Lipinski definition) is 2. The number of carboxylic acids is 1. The molecule has 4 aliphatic rings. The lowest BCUT2D eigenvalue weighted by molar-refractivity contribution is -0.141. The Bertz CT molecular complexity index is 1860. The zero-order valence-electron chi connectivity index (χ0n) is 26.1. The Morgan fingerprint density at radius 3 is 2.35 bits per heavy atom. The normalized spacial score (nSPS) is 27.9. The van der Waals surface area contributed by atoms with Gasteiger partial charge in [-0.3, -0.25) is 28.9 Å². The fourth-order valence-electron chi connectivity index (χ4n) is 8.83. The molecule has 48 heavy (non-hydrogen) atoms. The van der Waals surface area contributed by atoms with Crippen molar-refractivity contribution in [1.29, 1.82) is 0 Å². The number of amides is 4. The number of allylic oxidation sites excluding steroid dienone is 2. The summed E-state index contributed by atoms with van der Waals surface area (Å²) in [5.74, 6) is -5.60. The maximum Gasteiger partial charge on any atom is 0.303 e. The van der Waals surface area contributed by atoms with Crippen LogP contribution in [-0.2, 0) is 29.4 Å². The summed E-state index contributed by atoms with van der Waals surface area (Å²) in [5.41, 5.74) is 1.07. The zero-order chi connectivity index (χ0) is 33.7. The number of aromatic hydroxyl groups is 1. The number of carbonyl (C=O) groups is 5. The third kappa shape index (κ3) is 4.94. The molecule has 2 aliphatic carbocycles. The number of phenols is 1. The first-order valence-electron chi connectivity index (χ1n) is 16.4. The molecule has 4 amide bonds. The Morgan fingerprint density at radius 1 is 0.854 bits per heavy atom. The molecule has 0 bridgehead atoms. The first-order chi connectivity index (χ1) is 23.1. The maximum absolute atomic E-state index is 15.1. The van der Waals surface area contributed by atoms with Gasteiger partial charge in [-0.1, -0.05) is 78.2 Å². The van der Waals surface area contributed by atoms with Crippen LogP contribution in [0.3, 0.4) is 0 Å². The smallest absolute Gasteiger partial charge is 0.303 e. The summed E-state index contributed by atoms with van der Waals surface area (Å²) in [5, 5.41) is 20.0. The minimum atomic E-state index is -1.40. The lowest BCUT2D eigenvalue weighted by Crippen LogP contribution is -2.53. The molecule has 7 rings (SSSR count). The average molecular weight is 667 g/mol. The number of aliphatic carboxylic acids is 1. The van der Waals surface area contributed by atoms with E-state index in [4.69, 9.17) is 16.7 Å². The number of nitrogens with zero attached hydrogens (tertiary/aromatic N) is 2. The number of carbonyl (C=O) groups excluding carboxylic acids is 4. The molecule has 2 N–H and O–H groups in total. The van der Waals surface area contributed by atoms with Crippen LogP contribution in [0.25, 0.3) is 0 Å². The summed E-state index contributed by atoms with van der Waals surface area (Å²) in [6, 6.07) is 22.6. The Labute approximate surface area is 282 Å². The highest BCUT2D eigenvalue weighted by Gasteiger charge is 2.70. The summed E-state index contributed by atoms with van der Waals surface area (Å²) in [6.45, 7) is 0.208. The Hall–Kier alpha value is -4.76. The molecule has 0 unspecified atom stereocenters. The van der Waals surface area contributed by atoms with Crippen LogP contribution in [0.2, 0.25) is 5.02 Å². The van der Waals surface area contributed by atoms with E-state index in [1.165, 1.54) is 9.80 Å². The van der Waals surface area contributed by atoms with Crippen LogP contribution in [0.4, 0.5) is 5.69 Å². The van der Waals surface area contributed by atoms with E-state index < -0.39 is 52.8 Å². The average Bonchev–Trinajstić information content (AvgIpc) is 3.45. The molecule has 2 heterocycles. The van der Waals surface area contributed by atoms with E-state index in [9.17, 15) is 24.3 Å². The molecule has 2 aliphatic heterocycles. The highest BCUT2D eigenvalue weighted by Crippen LogP contribution is 2.64. The standard InChI is InChI=1S/C38H35ClN2O7/c39-24-12-8-13-25(20-24)41-35(46)30-21-29-27(16-17-28-32(29)36(47)40(34(28)45)18-6-2-5-15-31(43)44)33(22-9-7-14-26(42)19-22)38(30,37(41)48)23-10-3-1-4-11-23/h1,3-4,7-14,16,19-20,28-30,32-33,42H,2,5-6,15,17-18,21H2,(H,43,44)/t28-,29+,30-,32-,33-,38+/m0/s1. The Kier molecular flexibility index (Phi) is 8.19. The van der Waals surface area contributed by atoms with Gasteiger partial charge in [-0.25, -0.2) is 4.90 Å². The minimum Gasteiger partial charge on any atom is -0.508 e. The van der Waals surface area contributed by atoms with Crippen LogP contribution >= 0.6 is 11.6 Å². The number of likely N-dealkylation sites (tertiary alicyclic amines) is 1. The van der Waals surface area contributed by atoms with E-state index >= 15 is 4.79 Å². The number of phenolic OH excluding ortho intramolecular Hbond substituents is 1. The van der Waals surface area contributed by atoms with Gasteiger partial charge in [-0.05, 0) is 73.1 Å². The van der Waals surface area contributed by atoms with Gasteiger partial charge in [0.25, 0.3) is 0 Å². The second-order valence-corrected chi connectivity index (χ2v) is 13.7. The molecular formula is C38H35ClN2O7. The van der Waals surface area contributed by atoms with Crippen LogP contribution in [0.15, 0.2) is 90.5 Å². The molecule has 0 spiro atoms. The van der Waals surface area contributed by atoms with Gasteiger partial charge in [0.1, 0.15) is 5.75 Å². The van der Waals surface area contributed by atoms with Gasteiger partial charge in [-0.2, -0.15) is 0 Å². The van der Waals surface area contributed by atoms with E-state index in [1.807, 2.05) is 42.5 Å². The van der Waals surface area contributed by atoms with Crippen molar-refractivity contribution in [3.05, 3.63) is 107 Å². The van der Waals surface area contributed by atoms with Crippen LogP contribution in [0, 0.1) is 23.7 Å². The Morgan fingerprint density at radius 2 is 1.62 bits per heavy atom. The van der Waals surface area contributed by atoms with Crippen molar-refractivity contribution in [1.82, 2.24) is 4.90 Å². The molecule has 3 aromatic carbocycles. The van der Waals surface area contributed by atoms with Crippen molar-refractivity contribution < 1.29 is 34.2 Å². The second kappa shape index (κ2) is 12.4.